The number of rotatable bonds is 9. The number of aliphatic hydroxyl groups is 2. The van der Waals surface area contributed by atoms with Crippen LogP contribution in [-0.4, -0.2) is 33.6 Å². The van der Waals surface area contributed by atoms with Crippen LogP contribution in [0.25, 0.3) is 0 Å². The summed E-state index contributed by atoms with van der Waals surface area (Å²) in [5.74, 6) is 11.6. The number of benzene rings is 2. The minimum Gasteiger partial charge on any atom is -0.380 e. The number of ether oxygens (including phenoxy) is 2. The van der Waals surface area contributed by atoms with Crippen LogP contribution in [0.15, 0.2) is 60.7 Å². The summed E-state index contributed by atoms with van der Waals surface area (Å²) in [6.07, 6.45) is -1.06. The summed E-state index contributed by atoms with van der Waals surface area (Å²) in [6, 6.07) is 19.8. The Morgan fingerprint density at radius 1 is 0.656 bits per heavy atom. The molecule has 0 saturated carbocycles. The molecule has 32 heavy (non-hydrogen) atoms. The van der Waals surface area contributed by atoms with Gasteiger partial charge in [-0.2, -0.15) is 0 Å². The molecule has 0 aliphatic carbocycles. The second kappa shape index (κ2) is 12.4. The van der Waals surface area contributed by atoms with Gasteiger partial charge in [0.15, 0.2) is 0 Å². The van der Waals surface area contributed by atoms with Gasteiger partial charge in [-0.3, -0.25) is 0 Å². The first kappa shape index (κ1) is 25.7. The highest BCUT2D eigenvalue weighted by Gasteiger charge is 2.17. The maximum absolute atomic E-state index is 10.2. The molecule has 2 atom stereocenters. The first-order valence-electron chi connectivity index (χ1n) is 10.9. The van der Waals surface area contributed by atoms with E-state index in [-0.39, 0.29) is 0 Å². The molecule has 0 saturated heterocycles. The monoisotopic (exact) mass is 434 g/mol. The largest absolute Gasteiger partial charge is 0.380 e. The number of hydrogen-bond donors (Lipinski definition) is 2. The van der Waals surface area contributed by atoms with E-state index in [1.807, 2.05) is 88.4 Å². The van der Waals surface area contributed by atoms with Crippen molar-refractivity contribution in [3.63, 3.8) is 0 Å². The molecule has 2 aromatic carbocycles. The molecule has 0 heterocycles. The third kappa shape index (κ3) is 10.6. The topological polar surface area (TPSA) is 58.9 Å². The molecule has 170 valence electrons. The van der Waals surface area contributed by atoms with Gasteiger partial charge < -0.3 is 19.7 Å². The molecule has 0 fully saturated rings. The normalized spacial score (nSPS) is 13.3. The fourth-order valence-electron chi connectivity index (χ4n) is 2.72. The molecule has 2 rings (SSSR count). The van der Waals surface area contributed by atoms with E-state index in [1.165, 1.54) is 0 Å². The molecular formula is C28H34O4. The minimum absolute atomic E-state index is 0.322. The minimum atomic E-state index is -0.853. The molecule has 0 spiro atoms. The van der Waals surface area contributed by atoms with Crippen molar-refractivity contribution in [2.75, 3.05) is 0 Å². The van der Waals surface area contributed by atoms with Gasteiger partial charge in [0.2, 0.25) is 0 Å². The second-order valence-corrected chi connectivity index (χ2v) is 8.72. The van der Waals surface area contributed by atoms with Gasteiger partial charge in [0.1, 0.15) is 23.4 Å². The number of aliphatic hydroxyl groups excluding tert-OH is 2. The molecule has 2 N–H and O–H groups in total. The Balaban J connectivity index is 1.76. The maximum atomic E-state index is 10.2. The van der Waals surface area contributed by atoms with Crippen LogP contribution in [0.3, 0.4) is 0 Å². The average molecular weight is 435 g/mol. The third-order valence-electron chi connectivity index (χ3n) is 4.68. The van der Waals surface area contributed by atoms with E-state index in [2.05, 4.69) is 23.7 Å². The van der Waals surface area contributed by atoms with E-state index in [4.69, 9.17) is 9.47 Å². The Hall–Kier alpha value is -2.60. The van der Waals surface area contributed by atoms with Crippen molar-refractivity contribution in [3.8, 4) is 23.7 Å². The van der Waals surface area contributed by atoms with E-state index in [0.29, 0.717) is 26.1 Å². The summed E-state index contributed by atoms with van der Waals surface area (Å²) >= 11 is 0. The van der Waals surface area contributed by atoms with Crippen LogP contribution in [0.1, 0.15) is 51.7 Å². The lowest BCUT2D eigenvalue weighted by Gasteiger charge is -2.19. The van der Waals surface area contributed by atoms with Crippen molar-refractivity contribution >= 4 is 0 Å². The van der Waals surface area contributed by atoms with E-state index in [1.54, 1.807) is 0 Å². The van der Waals surface area contributed by atoms with Crippen LogP contribution < -0.4 is 0 Å². The molecule has 4 heteroatoms. The summed E-state index contributed by atoms with van der Waals surface area (Å²) < 4.78 is 11.7. The highest BCUT2D eigenvalue weighted by Crippen LogP contribution is 2.14. The molecule has 0 radical (unpaired) electrons. The number of hydrogen-bond acceptors (Lipinski definition) is 4. The van der Waals surface area contributed by atoms with Gasteiger partial charge in [-0.25, -0.2) is 0 Å². The van der Waals surface area contributed by atoms with Gasteiger partial charge in [-0.05, 0) is 51.7 Å². The maximum Gasteiger partial charge on any atom is 0.123 e. The first-order valence-corrected chi connectivity index (χ1v) is 10.9. The fraction of sp³-hybridized carbons (Fsp3) is 0.429. The molecule has 0 amide bonds. The molecular weight excluding hydrogens is 400 g/mol. The van der Waals surface area contributed by atoms with Crippen molar-refractivity contribution in [3.05, 3.63) is 71.8 Å². The van der Waals surface area contributed by atoms with Crippen molar-refractivity contribution in [1.82, 2.24) is 0 Å². The van der Waals surface area contributed by atoms with Crippen molar-refractivity contribution in [2.24, 2.45) is 0 Å². The molecule has 2 aromatic rings. The van der Waals surface area contributed by atoms with Crippen molar-refractivity contribution in [1.29, 1.82) is 0 Å². The highest BCUT2D eigenvalue weighted by molar-refractivity contribution is 5.18. The Kier molecular flexibility index (Phi) is 9.97. The molecule has 0 aliphatic rings. The van der Waals surface area contributed by atoms with Crippen LogP contribution in [-0.2, 0) is 22.7 Å². The summed E-state index contributed by atoms with van der Waals surface area (Å²) in [7, 11) is 0. The van der Waals surface area contributed by atoms with Crippen LogP contribution >= 0.6 is 0 Å². The van der Waals surface area contributed by atoms with Crippen molar-refractivity contribution in [2.45, 2.75) is 77.2 Å². The predicted molar refractivity (Wildman–Crippen MR) is 127 cm³/mol. The van der Waals surface area contributed by atoms with Gasteiger partial charge in [0.25, 0.3) is 0 Å². The Morgan fingerprint density at radius 3 is 1.34 bits per heavy atom. The third-order valence-corrected chi connectivity index (χ3v) is 4.68. The van der Waals surface area contributed by atoms with Crippen LogP contribution in [0.5, 0.6) is 0 Å². The standard InChI is InChI=1S/C28H34O4/c1-27(2,31-21-23-11-7-5-8-12-23)19-17-25(29)15-16-26(30)18-20-28(3,4)32-22-24-13-9-6-10-14-24/h5-14,25-26,29-30H,15-16,21-22H2,1-4H3/t25-,26-/m0/s1. The van der Waals surface area contributed by atoms with Gasteiger partial charge >= 0.3 is 0 Å². The Morgan fingerprint density at radius 2 is 1.00 bits per heavy atom. The zero-order chi connectivity index (χ0) is 23.5. The fourth-order valence-corrected chi connectivity index (χ4v) is 2.72. The lowest BCUT2D eigenvalue weighted by atomic mass is 10.1. The molecule has 0 aliphatic heterocycles. The van der Waals surface area contributed by atoms with E-state index in [0.717, 1.165) is 11.1 Å². The molecule has 4 nitrogen and oxygen atoms in total. The quantitative estimate of drug-likeness (QED) is 0.571. The van der Waals surface area contributed by atoms with E-state index >= 15 is 0 Å². The Labute approximate surface area is 192 Å². The predicted octanol–water partition coefficient (Wildman–Crippen LogP) is 4.49. The Bertz CT molecular complexity index is 848. The van der Waals surface area contributed by atoms with Crippen LogP contribution in [0.4, 0.5) is 0 Å². The van der Waals surface area contributed by atoms with Gasteiger partial charge in [0.05, 0.1) is 13.2 Å². The zero-order valence-corrected chi connectivity index (χ0v) is 19.5. The lowest BCUT2D eigenvalue weighted by molar-refractivity contribution is 0.0137. The molecule has 0 aromatic heterocycles. The second-order valence-electron chi connectivity index (χ2n) is 8.72. The summed E-state index contributed by atoms with van der Waals surface area (Å²) in [5.41, 5.74) is 0.769. The lowest BCUT2D eigenvalue weighted by Crippen LogP contribution is -2.23. The average Bonchev–Trinajstić information content (AvgIpc) is 2.79. The van der Waals surface area contributed by atoms with Crippen molar-refractivity contribution < 1.29 is 19.7 Å². The summed E-state index contributed by atoms with van der Waals surface area (Å²) in [5, 5.41) is 20.3. The molecule has 0 bridgehead atoms. The van der Waals surface area contributed by atoms with Gasteiger partial charge in [-0.1, -0.05) is 84.3 Å². The van der Waals surface area contributed by atoms with Crippen LogP contribution in [0, 0.1) is 23.7 Å². The zero-order valence-electron chi connectivity index (χ0n) is 19.5. The SMILES string of the molecule is CC(C)(C#C[C@@H](O)CC[C@H](O)C#CC(C)(C)OCc1ccccc1)OCc1ccccc1. The molecule has 0 unspecified atom stereocenters. The highest BCUT2D eigenvalue weighted by atomic mass is 16.5. The summed E-state index contributed by atoms with van der Waals surface area (Å²) in [6.45, 7) is 8.38. The van der Waals surface area contributed by atoms with Crippen LogP contribution in [0.2, 0.25) is 0 Å². The smallest absolute Gasteiger partial charge is 0.123 e. The summed E-state index contributed by atoms with van der Waals surface area (Å²) in [4.78, 5) is 0. The van der Waals surface area contributed by atoms with E-state index < -0.39 is 23.4 Å². The van der Waals surface area contributed by atoms with E-state index in [9.17, 15) is 10.2 Å². The first-order chi connectivity index (χ1) is 15.2. The van der Waals surface area contributed by atoms with Gasteiger partial charge in [0, 0.05) is 0 Å². The van der Waals surface area contributed by atoms with Gasteiger partial charge in [-0.15, -0.1) is 0 Å².